The summed E-state index contributed by atoms with van der Waals surface area (Å²) < 4.78 is 4.79. The first kappa shape index (κ1) is 17.3. The summed E-state index contributed by atoms with van der Waals surface area (Å²) in [6.07, 6.45) is 1.37. The molecular formula is C17H17NO6. The number of rotatable bonds is 5. The molecule has 0 aromatic heterocycles. The fraction of sp³-hybridized carbons (Fsp3) is 0.118. The second kappa shape index (κ2) is 7.49. The Labute approximate surface area is 138 Å². The lowest BCUT2D eigenvalue weighted by Gasteiger charge is -2.14. The van der Waals surface area contributed by atoms with Gasteiger partial charge in [-0.15, -0.1) is 0 Å². The van der Waals surface area contributed by atoms with Crippen molar-refractivity contribution < 1.29 is 30.0 Å². The average Bonchev–Trinajstić information content (AvgIpc) is 2.56. The maximum absolute atomic E-state index is 12.0. The second-order valence-electron chi connectivity index (χ2n) is 4.93. The summed E-state index contributed by atoms with van der Waals surface area (Å²) in [5.41, 5.74) is 1.01. The van der Waals surface area contributed by atoms with E-state index >= 15 is 0 Å². The largest absolute Gasteiger partial charge is 0.508 e. The highest BCUT2D eigenvalue weighted by Crippen LogP contribution is 2.28. The fourth-order valence-electron chi connectivity index (χ4n) is 1.99. The summed E-state index contributed by atoms with van der Waals surface area (Å²) in [5.74, 6) is -1.10. The number of ether oxygens (including phenoxy) is 1. The van der Waals surface area contributed by atoms with E-state index in [4.69, 9.17) is 4.74 Å². The second-order valence-corrected chi connectivity index (χ2v) is 4.93. The van der Waals surface area contributed by atoms with E-state index in [2.05, 4.69) is 5.32 Å². The van der Waals surface area contributed by atoms with E-state index in [0.29, 0.717) is 5.56 Å². The number of carbonyl (C=O) groups is 1. The van der Waals surface area contributed by atoms with Crippen LogP contribution in [0.5, 0.6) is 17.2 Å². The van der Waals surface area contributed by atoms with E-state index < -0.39 is 12.2 Å². The Bertz CT molecular complexity index is 772. The number of amides is 1. The monoisotopic (exact) mass is 331 g/mol. The third kappa shape index (κ3) is 4.25. The number of phenolic OH excluding ortho intramolecular Hbond substituents is 3. The molecule has 126 valence electrons. The van der Waals surface area contributed by atoms with Crippen LogP contribution in [0.3, 0.4) is 0 Å². The molecule has 0 aliphatic carbocycles. The van der Waals surface area contributed by atoms with E-state index in [0.717, 1.165) is 0 Å². The topological polar surface area (TPSA) is 119 Å². The van der Waals surface area contributed by atoms with Crippen LogP contribution >= 0.6 is 0 Å². The molecule has 0 aliphatic heterocycles. The van der Waals surface area contributed by atoms with Gasteiger partial charge in [0.25, 0.3) is 0 Å². The van der Waals surface area contributed by atoms with Crippen molar-refractivity contribution >= 4 is 17.7 Å². The van der Waals surface area contributed by atoms with Crippen molar-refractivity contribution in [2.24, 2.45) is 0 Å². The van der Waals surface area contributed by atoms with Crippen molar-refractivity contribution in [2.75, 3.05) is 12.4 Å². The van der Waals surface area contributed by atoms with Crippen molar-refractivity contribution in [1.82, 2.24) is 0 Å². The summed E-state index contributed by atoms with van der Waals surface area (Å²) >= 11 is 0. The van der Waals surface area contributed by atoms with Gasteiger partial charge in [-0.05, 0) is 42.0 Å². The fourth-order valence-corrected chi connectivity index (χ4v) is 1.99. The normalized spacial score (nSPS) is 12.2. The van der Waals surface area contributed by atoms with E-state index in [9.17, 15) is 25.2 Å². The SMILES string of the molecule is COC(O)c1cc(O)ccc1NC(=O)/C=C/c1ccc(O)c(O)c1. The molecular weight excluding hydrogens is 314 g/mol. The Kier molecular flexibility index (Phi) is 5.41. The minimum atomic E-state index is -1.30. The van der Waals surface area contributed by atoms with Gasteiger partial charge in [0.2, 0.25) is 5.91 Å². The van der Waals surface area contributed by atoms with Crippen LogP contribution in [-0.2, 0) is 9.53 Å². The van der Waals surface area contributed by atoms with Crippen molar-refractivity contribution in [1.29, 1.82) is 0 Å². The van der Waals surface area contributed by atoms with Crippen LogP contribution in [0.15, 0.2) is 42.5 Å². The number of hydrogen-bond donors (Lipinski definition) is 5. The number of phenols is 3. The van der Waals surface area contributed by atoms with E-state index in [1.807, 2.05) is 0 Å². The first-order chi connectivity index (χ1) is 11.4. The van der Waals surface area contributed by atoms with Crippen LogP contribution < -0.4 is 5.32 Å². The summed E-state index contributed by atoms with van der Waals surface area (Å²) in [4.78, 5) is 12.0. The maximum atomic E-state index is 12.0. The van der Waals surface area contributed by atoms with E-state index in [1.54, 1.807) is 0 Å². The van der Waals surface area contributed by atoms with Gasteiger partial charge in [0.05, 0.1) is 0 Å². The molecule has 0 saturated carbocycles. The first-order valence-corrected chi connectivity index (χ1v) is 6.95. The number of aliphatic hydroxyl groups excluding tert-OH is 1. The molecule has 0 spiro atoms. The molecule has 24 heavy (non-hydrogen) atoms. The minimum absolute atomic E-state index is 0.0748. The summed E-state index contributed by atoms with van der Waals surface area (Å²) in [5, 5.41) is 40.4. The predicted octanol–water partition coefficient (Wildman–Crippen LogP) is 2.09. The van der Waals surface area contributed by atoms with Gasteiger partial charge in [-0.1, -0.05) is 6.07 Å². The van der Waals surface area contributed by atoms with Crippen LogP contribution in [0, 0.1) is 0 Å². The number of methoxy groups -OCH3 is 1. The predicted molar refractivity (Wildman–Crippen MR) is 87.5 cm³/mol. The van der Waals surface area contributed by atoms with E-state index in [1.165, 1.54) is 55.7 Å². The molecule has 1 amide bonds. The van der Waals surface area contributed by atoms with Gasteiger partial charge in [0.15, 0.2) is 17.8 Å². The molecule has 1 atom stereocenters. The maximum Gasteiger partial charge on any atom is 0.248 e. The molecule has 7 heteroatoms. The van der Waals surface area contributed by atoms with Gasteiger partial charge in [-0.3, -0.25) is 4.79 Å². The Morgan fingerprint density at radius 2 is 1.88 bits per heavy atom. The number of aliphatic hydroxyl groups is 1. The number of anilines is 1. The lowest BCUT2D eigenvalue weighted by atomic mass is 10.1. The molecule has 0 fully saturated rings. The first-order valence-electron chi connectivity index (χ1n) is 6.95. The number of hydrogen-bond acceptors (Lipinski definition) is 6. The number of aromatic hydroxyl groups is 3. The highest BCUT2D eigenvalue weighted by atomic mass is 16.6. The van der Waals surface area contributed by atoms with Crippen LogP contribution in [-0.4, -0.2) is 33.4 Å². The van der Waals surface area contributed by atoms with Crippen molar-refractivity contribution in [3.05, 3.63) is 53.6 Å². The van der Waals surface area contributed by atoms with Gasteiger partial charge < -0.3 is 30.5 Å². The zero-order valence-electron chi connectivity index (χ0n) is 12.8. The van der Waals surface area contributed by atoms with Crippen LogP contribution in [0.25, 0.3) is 6.08 Å². The third-order valence-corrected chi connectivity index (χ3v) is 3.21. The average molecular weight is 331 g/mol. The molecule has 0 aliphatic rings. The Balaban J connectivity index is 2.14. The molecule has 1 unspecified atom stereocenters. The molecule has 0 heterocycles. The zero-order chi connectivity index (χ0) is 17.7. The van der Waals surface area contributed by atoms with Crippen LogP contribution in [0.1, 0.15) is 17.4 Å². The molecule has 2 rings (SSSR count). The number of nitrogens with one attached hydrogen (secondary N) is 1. The van der Waals surface area contributed by atoms with Crippen molar-refractivity contribution in [3.8, 4) is 17.2 Å². The molecule has 2 aromatic carbocycles. The Morgan fingerprint density at radius 3 is 2.54 bits per heavy atom. The molecule has 7 nitrogen and oxygen atoms in total. The van der Waals surface area contributed by atoms with Gasteiger partial charge in [-0.25, -0.2) is 0 Å². The van der Waals surface area contributed by atoms with Crippen LogP contribution in [0.2, 0.25) is 0 Å². The van der Waals surface area contributed by atoms with Crippen LogP contribution in [0.4, 0.5) is 5.69 Å². The van der Waals surface area contributed by atoms with Gasteiger partial charge in [0.1, 0.15) is 5.75 Å². The number of benzene rings is 2. The third-order valence-electron chi connectivity index (χ3n) is 3.21. The molecule has 0 bridgehead atoms. The Morgan fingerprint density at radius 1 is 1.12 bits per heavy atom. The molecule has 2 aromatic rings. The smallest absolute Gasteiger partial charge is 0.248 e. The minimum Gasteiger partial charge on any atom is -0.508 e. The lowest BCUT2D eigenvalue weighted by molar-refractivity contribution is -0.111. The summed E-state index contributed by atoms with van der Waals surface area (Å²) in [6, 6.07) is 8.22. The molecule has 5 N–H and O–H groups in total. The highest BCUT2D eigenvalue weighted by molar-refractivity contribution is 6.02. The van der Waals surface area contributed by atoms with Gasteiger partial charge in [-0.2, -0.15) is 0 Å². The van der Waals surface area contributed by atoms with Gasteiger partial charge in [0, 0.05) is 24.4 Å². The molecule has 0 radical (unpaired) electrons. The van der Waals surface area contributed by atoms with Gasteiger partial charge >= 0.3 is 0 Å². The highest BCUT2D eigenvalue weighted by Gasteiger charge is 2.14. The lowest BCUT2D eigenvalue weighted by Crippen LogP contribution is -2.12. The standard InChI is InChI=1S/C17H17NO6/c1-24-17(23)12-9-11(19)4-5-13(12)18-16(22)7-3-10-2-6-14(20)15(21)8-10/h2-9,17,19-21,23H,1H3,(H,18,22)/b7-3+. The van der Waals surface area contributed by atoms with Crippen molar-refractivity contribution in [3.63, 3.8) is 0 Å². The number of carbonyl (C=O) groups excluding carboxylic acids is 1. The Hall–Kier alpha value is -3.03. The van der Waals surface area contributed by atoms with Crippen molar-refractivity contribution in [2.45, 2.75) is 6.29 Å². The summed E-state index contributed by atoms with van der Waals surface area (Å²) in [7, 11) is 1.29. The quantitative estimate of drug-likeness (QED) is 0.248. The summed E-state index contributed by atoms with van der Waals surface area (Å²) in [6.45, 7) is 0. The zero-order valence-corrected chi connectivity index (χ0v) is 12.8. The molecule has 0 saturated heterocycles. The van der Waals surface area contributed by atoms with E-state index in [-0.39, 0.29) is 28.5 Å².